The number of nitrogens with one attached hydrogen (secondary N) is 2. The molecule has 0 bridgehead atoms. The van der Waals surface area contributed by atoms with Gasteiger partial charge in [-0.25, -0.2) is 19.3 Å². The number of methoxy groups -OCH3 is 1. The van der Waals surface area contributed by atoms with Gasteiger partial charge in [0.25, 0.3) is 0 Å². The quantitative estimate of drug-likeness (QED) is 0.721. The number of pyridine rings is 1. The SMILES string of the molecule is COc1ccc(-c2ncc(F)c(NCCC(=O)NCC(F)(F)F)n2)cn1.[HH].[HH]. The lowest BCUT2D eigenvalue weighted by Gasteiger charge is -2.10. The zero-order chi connectivity index (χ0) is 19.2. The van der Waals surface area contributed by atoms with Gasteiger partial charge < -0.3 is 15.4 Å². The van der Waals surface area contributed by atoms with Gasteiger partial charge in [-0.15, -0.1) is 0 Å². The van der Waals surface area contributed by atoms with Crippen LogP contribution in [0, 0.1) is 5.82 Å². The average molecular weight is 377 g/mol. The molecule has 26 heavy (non-hydrogen) atoms. The van der Waals surface area contributed by atoms with E-state index in [9.17, 15) is 22.4 Å². The van der Waals surface area contributed by atoms with Crippen molar-refractivity contribution in [3.8, 4) is 17.3 Å². The van der Waals surface area contributed by atoms with Gasteiger partial charge in [0.2, 0.25) is 11.8 Å². The van der Waals surface area contributed by atoms with Crippen molar-refractivity contribution in [2.75, 3.05) is 25.5 Å². The Morgan fingerprint density at radius 2 is 2.04 bits per heavy atom. The molecule has 0 unspecified atom stereocenters. The van der Waals surface area contributed by atoms with Crippen molar-refractivity contribution in [1.29, 1.82) is 0 Å². The minimum absolute atomic E-state index is 0. The van der Waals surface area contributed by atoms with E-state index in [1.165, 1.54) is 13.3 Å². The fourth-order valence-electron chi connectivity index (χ4n) is 1.85. The van der Waals surface area contributed by atoms with Crippen LogP contribution in [0.15, 0.2) is 24.5 Å². The molecule has 2 aromatic rings. The van der Waals surface area contributed by atoms with E-state index in [1.54, 1.807) is 17.4 Å². The van der Waals surface area contributed by atoms with Crippen LogP contribution in [0.2, 0.25) is 0 Å². The topological polar surface area (TPSA) is 89.0 Å². The van der Waals surface area contributed by atoms with Crippen molar-refractivity contribution in [2.24, 2.45) is 0 Å². The maximum Gasteiger partial charge on any atom is 0.405 e. The van der Waals surface area contributed by atoms with E-state index in [0.29, 0.717) is 11.4 Å². The van der Waals surface area contributed by atoms with Gasteiger partial charge in [-0.2, -0.15) is 13.2 Å². The number of ether oxygens (including phenoxy) is 1. The van der Waals surface area contributed by atoms with Gasteiger partial charge in [0.1, 0.15) is 6.54 Å². The molecule has 0 aliphatic heterocycles. The second-order valence-corrected chi connectivity index (χ2v) is 5.05. The lowest BCUT2D eigenvalue weighted by atomic mass is 10.2. The van der Waals surface area contributed by atoms with Crippen molar-refractivity contribution < 1.29 is 29.9 Å². The van der Waals surface area contributed by atoms with E-state index in [0.717, 1.165) is 6.20 Å². The first kappa shape index (κ1) is 19.3. The number of halogens is 4. The third kappa shape index (κ3) is 5.83. The molecule has 0 aromatic carbocycles. The van der Waals surface area contributed by atoms with Gasteiger partial charge >= 0.3 is 6.18 Å². The van der Waals surface area contributed by atoms with Crippen LogP contribution < -0.4 is 15.4 Å². The van der Waals surface area contributed by atoms with Crippen LogP contribution in [0.5, 0.6) is 5.88 Å². The minimum atomic E-state index is -4.48. The zero-order valence-corrected chi connectivity index (χ0v) is 13.6. The van der Waals surface area contributed by atoms with Crippen LogP contribution in [0.25, 0.3) is 11.4 Å². The maximum atomic E-state index is 13.8. The van der Waals surface area contributed by atoms with Gasteiger partial charge in [-0.05, 0) is 6.07 Å². The Bertz CT molecular complexity index is 763. The van der Waals surface area contributed by atoms with Gasteiger partial charge in [0.05, 0.1) is 13.3 Å². The summed E-state index contributed by atoms with van der Waals surface area (Å²) >= 11 is 0. The second kappa shape index (κ2) is 8.41. The van der Waals surface area contributed by atoms with E-state index in [1.807, 2.05) is 0 Å². The first-order valence-corrected chi connectivity index (χ1v) is 7.39. The molecule has 0 aliphatic carbocycles. The summed E-state index contributed by atoms with van der Waals surface area (Å²) < 4.78 is 54.7. The molecular formula is C15H19F4N5O2. The highest BCUT2D eigenvalue weighted by Gasteiger charge is 2.27. The first-order chi connectivity index (χ1) is 12.3. The van der Waals surface area contributed by atoms with Gasteiger partial charge in [0, 0.05) is 33.6 Å². The second-order valence-electron chi connectivity index (χ2n) is 5.05. The third-order valence-electron chi connectivity index (χ3n) is 3.08. The predicted molar refractivity (Wildman–Crippen MR) is 88.2 cm³/mol. The van der Waals surface area contributed by atoms with Crippen molar-refractivity contribution >= 4 is 11.7 Å². The molecular weight excluding hydrogens is 358 g/mol. The van der Waals surface area contributed by atoms with Gasteiger partial charge in [-0.1, -0.05) is 0 Å². The summed E-state index contributed by atoms with van der Waals surface area (Å²) in [5.74, 6) is -1.17. The van der Waals surface area contributed by atoms with Crippen LogP contribution >= 0.6 is 0 Å². The van der Waals surface area contributed by atoms with Crippen LogP contribution in [0.1, 0.15) is 9.27 Å². The Hall–Kier alpha value is -2.98. The van der Waals surface area contributed by atoms with Crippen molar-refractivity contribution in [1.82, 2.24) is 20.3 Å². The number of amides is 1. The Balaban J connectivity index is 0.00000364. The molecule has 7 nitrogen and oxygen atoms in total. The number of carbonyl (C=O) groups excluding carboxylic acids is 1. The zero-order valence-electron chi connectivity index (χ0n) is 13.6. The maximum absolute atomic E-state index is 13.8. The molecule has 0 spiro atoms. The fraction of sp³-hybridized carbons (Fsp3) is 0.333. The Kier molecular flexibility index (Phi) is 6.26. The van der Waals surface area contributed by atoms with E-state index < -0.39 is 24.4 Å². The smallest absolute Gasteiger partial charge is 0.405 e. The van der Waals surface area contributed by atoms with Gasteiger partial charge in [0.15, 0.2) is 17.5 Å². The molecule has 2 aromatic heterocycles. The lowest BCUT2D eigenvalue weighted by molar-refractivity contribution is -0.138. The summed E-state index contributed by atoms with van der Waals surface area (Å²) in [5, 5.41) is 4.28. The number of anilines is 1. The van der Waals surface area contributed by atoms with Gasteiger partial charge in [-0.3, -0.25) is 4.79 Å². The van der Waals surface area contributed by atoms with Crippen molar-refractivity contribution in [3.63, 3.8) is 0 Å². The van der Waals surface area contributed by atoms with Crippen molar-refractivity contribution in [2.45, 2.75) is 12.6 Å². The highest BCUT2D eigenvalue weighted by atomic mass is 19.4. The van der Waals surface area contributed by atoms with Crippen LogP contribution in [-0.4, -0.2) is 47.2 Å². The molecule has 0 saturated carbocycles. The molecule has 11 heteroatoms. The number of carbonyl (C=O) groups is 1. The Morgan fingerprint density at radius 1 is 1.27 bits per heavy atom. The molecule has 2 rings (SSSR count). The number of hydrogen-bond donors (Lipinski definition) is 2. The number of aromatic nitrogens is 3. The first-order valence-electron chi connectivity index (χ1n) is 7.39. The summed E-state index contributed by atoms with van der Waals surface area (Å²) in [7, 11) is 1.46. The highest BCUT2D eigenvalue weighted by molar-refractivity contribution is 5.76. The van der Waals surface area contributed by atoms with Crippen LogP contribution in [-0.2, 0) is 4.79 Å². The molecule has 0 fully saturated rings. The summed E-state index contributed by atoms with van der Waals surface area (Å²) in [6.07, 6.45) is -2.37. The van der Waals surface area contributed by atoms with Crippen molar-refractivity contribution in [3.05, 3.63) is 30.3 Å². The number of alkyl halides is 3. The molecule has 144 valence electrons. The van der Waals surface area contributed by atoms with E-state index >= 15 is 0 Å². The Labute approximate surface area is 148 Å². The monoisotopic (exact) mass is 377 g/mol. The van der Waals surface area contributed by atoms with Crippen LogP contribution in [0.3, 0.4) is 0 Å². The summed E-state index contributed by atoms with van der Waals surface area (Å²) in [6.45, 7) is -1.51. The molecule has 2 heterocycles. The summed E-state index contributed by atoms with van der Waals surface area (Å²) in [6, 6.07) is 3.22. The standard InChI is InChI=1S/C15H15F4N5O2.2H2/c1-26-12-3-2-9(6-21-12)13-22-7-10(16)14(24-13)20-5-4-11(25)23-8-15(17,18)19;;/h2-3,6-7H,4-5,8H2,1H3,(H,23,25)(H,20,22,24);2*1H. The number of rotatable bonds is 7. The average Bonchev–Trinajstić information content (AvgIpc) is 2.61. The van der Waals surface area contributed by atoms with E-state index in [2.05, 4.69) is 20.3 Å². The largest absolute Gasteiger partial charge is 0.481 e. The molecule has 0 radical (unpaired) electrons. The number of hydrogen-bond acceptors (Lipinski definition) is 6. The lowest BCUT2D eigenvalue weighted by Crippen LogP contribution is -2.34. The molecule has 1 amide bonds. The van der Waals surface area contributed by atoms with E-state index in [4.69, 9.17) is 4.74 Å². The molecule has 0 atom stereocenters. The molecule has 2 N–H and O–H groups in total. The Morgan fingerprint density at radius 3 is 2.65 bits per heavy atom. The highest BCUT2D eigenvalue weighted by Crippen LogP contribution is 2.19. The van der Waals surface area contributed by atoms with E-state index in [-0.39, 0.29) is 27.5 Å². The number of nitrogens with zero attached hydrogens (tertiary/aromatic N) is 3. The third-order valence-corrected chi connectivity index (χ3v) is 3.08. The van der Waals surface area contributed by atoms with Crippen LogP contribution in [0.4, 0.5) is 23.4 Å². The fourth-order valence-corrected chi connectivity index (χ4v) is 1.85. The summed E-state index contributed by atoms with van der Waals surface area (Å²) in [5.41, 5.74) is 0.511. The molecule has 0 saturated heterocycles. The minimum Gasteiger partial charge on any atom is -0.481 e. The predicted octanol–water partition coefficient (Wildman–Crippen LogP) is 2.66. The summed E-state index contributed by atoms with van der Waals surface area (Å²) in [4.78, 5) is 23.1. The molecule has 0 aliphatic rings. The normalized spacial score (nSPS) is 11.1.